The van der Waals surface area contributed by atoms with Crippen molar-refractivity contribution in [2.24, 2.45) is 4.99 Å². The minimum atomic E-state index is -3.36. The largest absolute Gasteiger partial charge is 0.383 e. The predicted molar refractivity (Wildman–Crippen MR) is 140 cm³/mol. The Labute approximate surface area is 209 Å². The molecule has 5 aromatic rings. The van der Waals surface area contributed by atoms with Gasteiger partial charge >= 0.3 is 0 Å². The Kier molecular flexibility index (Phi) is 6.37. The molecule has 178 valence electrons. The number of nitrogens with zero attached hydrogens (tertiary/aromatic N) is 3. The van der Waals surface area contributed by atoms with Gasteiger partial charge in [0, 0.05) is 25.3 Å². The molecule has 0 saturated heterocycles. The van der Waals surface area contributed by atoms with Crippen molar-refractivity contribution in [3.63, 3.8) is 0 Å². The number of sulfone groups is 1. The van der Waals surface area contributed by atoms with Gasteiger partial charge in [-0.05, 0) is 41.8 Å². The van der Waals surface area contributed by atoms with Crippen molar-refractivity contribution in [3.8, 4) is 10.6 Å². The summed E-state index contributed by atoms with van der Waals surface area (Å²) in [6.07, 6.45) is 1.18. The molecule has 0 aliphatic heterocycles. The highest BCUT2D eigenvalue weighted by atomic mass is 32.2. The Hall–Kier alpha value is -3.18. The van der Waals surface area contributed by atoms with Crippen LogP contribution in [0.4, 0.5) is 0 Å². The first-order valence-corrected chi connectivity index (χ1v) is 14.3. The van der Waals surface area contributed by atoms with Crippen LogP contribution in [0.15, 0.2) is 75.9 Å². The molecule has 0 spiro atoms. The second-order valence-corrected chi connectivity index (χ2v) is 11.9. The summed E-state index contributed by atoms with van der Waals surface area (Å²) in [4.78, 5) is 24.5. The SMILES string of the molecule is COCCn1c(=NC(=O)c2cc(-c3cccs3)nc3ccccc23)sc2cc(S(C)(=O)=O)ccc21. The Morgan fingerprint density at radius 3 is 2.69 bits per heavy atom. The summed E-state index contributed by atoms with van der Waals surface area (Å²) in [6.45, 7) is 0.889. The number of fused-ring (bicyclic) bond motifs is 2. The summed E-state index contributed by atoms with van der Waals surface area (Å²) in [7, 11) is -1.76. The monoisotopic (exact) mass is 523 g/mol. The highest BCUT2D eigenvalue weighted by Gasteiger charge is 2.16. The zero-order chi connectivity index (χ0) is 24.6. The van der Waals surface area contributed by atoms with Crippen LogP contribution in [0.25, 0.3) is 31.7 Å². The van der Waals surface area contributed by atoms with Gasteiger partial charge in [0.2, 0.25) is 0 Å². The topological polar surface area (TPSA) is 90.6 Å². The maximum absolute atomic E-state index is 13.6. The number of pyridine rings is 1. The molecule has 0 saturated carbocycles. The van der Waals surface area contributed by atoms with Gasteiger partial charge in [-0.15, -0.1) is 11.3 Å². The quantitative estimate of drug-likeness (QED) is 0.320. The summed E-state index contributed by atoms with van der Waals surface area (Å²) in [5, 5.41) is 2.70. The van der Waals surface area contributed by atoms with E-state index in [1.54, 1.807) is 42.7 Å². The number of thiazole rings is 1. The maximum Gasteiger partial charge on any atom is 0.280 e. The lowest BCUT2D eigenvalue weighted by atomic mass is 10.1. The molecular weight excluding hydrogens is 502 g/mol. The zero-order valence-electron chi connectivity index (χ0n) is 19.0. The van der Waals surface area contributed by atoms with Crippen LogP contribution in [0.1, 0.15) is 10.4 Å². The number of ether oxygens (including phenoxy) is 1. The maximum atomic E-state index is 13.6. The summed E-state index contributed by atoms with van der Waals surface area (Å²) < 4.78 is 32.0. The average Bonchev–Trinajstić information content (AvgIpc) is 3.49. The predicted octanol–water partition coefficient (Wildman–Crippen LogP) is 4.77. The van der Waals surface area contributed by atoms with E-state index in [0.717, 1.165) is 31.7 Å². The van der Waals surface area contributed by atoms with Gasteiger partial charge in [-0.25, -0.2) is 13.4 Å². The fraction of sp³-hybridized carbons (Fsp3) is 0.160. The lowest BCUT2D eigenvalue weighted by molar-refractivity contribution is 0.0999. The highest BCUT2D eigenvalue weighted by molar-refractivity contribution is 7.90. The van der Waals surface area contributed by atoms with Crippen LogP contribution in [0.5, 0.6) is 0 Å². The smallest absolute Gasteiger partial charge is 0.280 e. The molecule has 35 heavy (non-hydrogen) atoms. The normalized spacial score (nSPS) is 12.6. The van der Waals surface area contributed by atoms with Gasteiger partial charge in [-0.1, -0.05) is 35.6 Å². The van der Waals surface area contributed by atoms with E-state index < -0.39 is 9.84 Å². The Morgan fingerprint density at radius 1 is 1.11 bits per heavy atom. The molecule has 10 heteroatoms. The van der Waals surface area contributed by atoms with E-state index in [2.05, 4.69) is 4.99 Å². The number of aromatic nitrogens is 2. The molecule has 0 N–H and O–H groups in total. The summed E-state index contributed by atoms with van der Waals surface area (Å²) in [6, 6.07) is 18.2. The number of para-hydroxylation sites is 1. The number of carbonyl (C=O) groups excluding carboxylic acids is 1. The molecule has 0 unspecified atom stereocenters. The molecular formula is C25H21N3O4S3. The van der Waals surface area contributed by atoms with E-state index in [4.69, 9.17) is 9.72 Å². The minimum absolute atomic E-state index is 0.226. The van der Waals surface area contributed by atoms with Crippen molar-refractivity contribution < 1.29 is 17.9 Å². The number of benzene rings is 2. The van der Waals surface area contributed by atoms with E-state index in [-0.39, 0.29) is 10.8 Å². The summed E-state index contributed by atoms with van der Waals surface area (Å²) in [5.74, 6) is -0.387. The first kappa shape index (κ1) is 23.6. The van der Waals surface area contributed by atoms with Gasteiger partial charge in [-0.2, -0.15) is 4.99 Å². The average molecular weight is 524 g/mol. The lowest BCUT2D eigenvalue weighted by Crippen LogP contribution is -2.19. The van der Waals surface area contributed by atoms with E-state index in [1.807, 2.05) is 46.3 Å². The van der Waals surface area contributed by atoms with Gasteiger partial charge < -0.3 is 9.30 Å². The van der Waals surface area contributed by atoms with Crippen LogP contribution in [-0.4, -0.2) is 43.8 Å². The van der Waals surface area contributed by atoms with Crippen molar-refractivity contribution in [1.29, 1.82) is 0 Å². The van der Waals surface area contributed by atoms with Crippen LogP contribution in [0.3, 0.4) is 0 Å². The van der Waals surface area contributed by atoms with Crippen LogP contribution >= 0.6 is 22.7 Å². The molecule has 0 bridgehead atoms. The molecule has 0 aliphatic carbocycles. The van der Waals surface area contributed by atoms with Crippen molar-refractivity contribution in [2.45, 2.75) is 11.4 Å². The first-order valence-electron chi connectivity index (χ1n) is 10.7. The van der Waals surface area contributed by atoms with Crippen LogP contribution in [0.2, 0.25) is 0 Å². The van der Waals surface area contributed by atoms with E-state index >= 15 is 0 Å². The molecule has 3 aromatic heterocycles. The molecule has 2 aromatic carbocycles. The third-order valence-corrected chi connectivity index (χ3v) is 8.56. The zero-order valence-corrected chi connectivity index (χ0v) is 21.4. The summed E-state index contributed by atoms with van der Waals surface area (Å²) in [5.41, 5.74) is 2.70. The first-order chi connectivity index (χ1) is 16.8. The molecule has 7 nitrogen and oxygen atoms in total. The Morgan fingerprint density at radius 2 is 1.94 bits per heavy atom. The third kappa shape index (κ3) is 4.70. The van der Waals surface area contributed by atoms with Crippen molar-refractivity contribution in [1.82, 2.24) is 9.55 Å². The molecule has 1 amide bonds. The number of rotatable bonds is 6. The van der Waals surface area contributed by atoms with Gasteiger partial charge in [0.25, 0.3) is 5.91 Å². The molecule has 0 aliphatic rings. The lowest BCUT2D eigenvalue weighted by Gasteiger charge is -2.07. The van der Waals surface area contributed by atoms with E-state index in [9.17, 15) is 13.2 Å². The van der Waals surface area contributed by atoms with Gasteiger partial charge in [0.1, 0.15) is 0 Å². The second-order valence-electron chi connectivity index (χ2n) is 7.90. The van der Waals surface area contributed by atoms with Gasteiger partial charge in [0.05, 0.1) is 43.4 Å². The third-order valence-electron chi connectivity index (χ3n) is 5.52. The van der Waals surface area contributed by atoms with Crippen molar-refractivity contribution >= 4 is 59.5 Å². The van der Waals surface area contributed by atoms with Gasteiger partial charge in [0.15, 0.2) is 14.6 Å². The molecule has 0 fully saturated rings. The number of hydrogen-bond donors (Lipinski definition) is 0. The van der Waals surface area contributed by atoms with Crippen molar-refractivity contribution in [2.75, 3.05) is 20.0 Å². The number of thiophene rings is 1. The summed E-state index contributed by atoms with van der Waals surface area (Å²) >= 11 is 2.83. The van der Waals surface area contributed by atoms with Crippen LogP contribution < -0.4 is 4.80 Å². The molecule has 3 heterocycles. The second kappa shape index (κ2) is 9.46. The molecule has 0 atom stereocenters. The fourth-order valence-corrected chi connectivity index (χ4v) is 6.32. The fourth-order valence-electron chi connectivity index (χ4n) is 3.82. The van der Waals surface area contributed by atoms with Gasteiger partial charge in [-0.3, -0.25) is 4.79 Å². The number of hydrogen-bond acceptors (Lipinski definition) is 7. The molecule has 0 radical (unpaired) electrons. The van der Waals surface area contributed by atoms with Crippen LogP contribution in [0, 0.1) is 0 Å². The highest BCUT2D eigenvalue weighted by Crippen LogP contribution is 2.28. The number of carbonyl (C=O) groups is 1. The van der Waals surface area contributed by atoms with E-state index in [1.165, 1.54) is 17.6 Å². The standard InChI is InChI=1S/C25H21N3O4S3/c1-32-12-11-28-21-10-9-16(35(2,30)31)14-23(21)34-25(28)27-24(29)18-15-20(22-8-5-13-33-22)26-19-7-4-3-6-17(18)19/h3-10,13-15H,11-12H2,1-2H3. The Balaban J connectivity index is 1.69. The Bertz CT molecular complexity index is 1730. The van der Waals surface area contributed by atoms with E-state index in [0.29, 0.717) is 23.5 Å². The van der Waals surface area contributed by atoms with Crippen molar-refractivity contribution in [3.05, 3.63) is 76.4 Å². The minimum Gasteiger partial charge on any atom is -0.383 e. The van der Waals surface area contributed by atoms with Crippen LogP contribution in [-0.2, 0) is 21.1 Å². The number of methoxy groups -OCH3 is 1. The molecule has 5 rings (SSSR count). The number of amides is 1.